The van der Waals surface area contributed by atoms with Crippen molar-refractivity contribution in [3.8, 4) is 0 Å². The van der Waals surface area contributed by atoms with E-state index in [0.29, 0.717) is 11.8 Å². The third-order valence-electron chi connectivity index (χ3n) is 1.22. The van der Waals surface area contributed by atoms with E-state index in [2.05, 4.69) is 30.7 Å². The molecule has 2 aromatic heterocycles. The molecule has 0 spiro atoms. The van der Waals surface area contributed by atoms with Gasteiger partial charge in [0.2, 0.25) is 5.95 Å². The lowest BCUT2D eigenvalue weighted by atomic mass is 10.6. The van der Waals surface area contributed by atoms with Gasteiger partial charge in [-0.05, 0) is 6.07 Å². The van der Waals surface area contributed by atoms with Gasteiger partial charge in [0.25, 0.3) is 0 Å². The Kier molecular flexibility index (Phi) is 1.65. The second kappa shape index (κ2) is 2.95. The first-order valence-electron chi connectivity index (χ1n) is 3.35. The molecule has 0 atom stereocenters. The summed E-state index contributed by atoms with van der Waals surface area (Å²) >= 11 is 0. The first-order valence-corrected chi connectivity index (χ1v) is 3.35. The molecule has 2 aromatic rings. The van der Waals surface area contributed by atoms with E-state index in [1.807, 2.05) is 0 Å². The smallest absolute Gasteiger partial charge is 0.228 e. The van der Waals surface area contributed by atoms with Crippen LogP contribution in [0, 0.1) is 0 Å². The van der Waals surface area contributed by atoms with Crippen LogP contribution in [0.3, 0.4) is 0 Å². The van der Waals surface area contributed by atoms with Gasteiger partial charge in [-0.1, -0.05) is 0 Å². The van der Waals surface area contributed by atoms with E-state index in [1.54, 1.807) is 24.7 Å². The largest absolute Gasteiger partial charge is 0.306 e. The average Bonchev–Trinajstić information content (AvgIpc) is 2.59. The summed E-state index contributed by atoms with van der Waals surface area (Å²) in [6.07, 6.45) is 4.85. The molecule has 0 aliphatic heterocycles. The molecule has 2 rings (SSSR count). The molecule has 0 aliphatic carbocycles. The SMILES string of the molecule is c1cnc(Nc2cn[nH]n2)nc1. The number of hydrogen-bond donors (Lipinski definition) is 2. The second-order valence-corrected chi connectivity index (χ2v) is 2.05. The number of aromatic amines is 1. The van der Waals surface area contributed by atoms with Crippen LogP contribution in [0.5, 0.6) is 0 Å². The number of aromatic nitrogens is 5. The molecular weight excluding hydrogens is 156 g/mol. The normalized spacial score (nSPS) is 9.67. The van der Waals surface area contributed by atoms with Gasteiger partial charge in [-0.25, -0.2) is 9.97 Å². The number of H-pyrrole nitrogens is 1. The lowest BCUT2D eigenvalue weighted by molar-refractivity contribution is 0.941. The summed E-state index contributed by atoms with van der Waals surface area (Å²) in [4.78, 5) is 7.90. The molecular formula is C6H6N6. The highest BCUT2D eigenvalue weighted by Gasteiger charge is 1.96. The van der Waals surface area contributed by atoms with Crippen LogP contribution in [0.4, 0.5) is 11.8 Å². The predicted octanol–water partition coefficient (Wildman–Crippen LogP) is 0.338. The van der Waals surface area contributed by atoms with Crippen molar-refractivity contribution in [3.63, 3.8) is 0 Å². The van der Waals surface area contributed by atoms with Crippen LogP contribution in [0.2, 0.25) is 0 Å². The summed E-state index contributed by atoms with van der Waals surface area (Å²) in [6, 6.07) is 1.74. The van der Waals surface area contributed by atoms with Crippen molar-refractivity contribution >= 4 is 11.8 Å². The number of nitrogens with zero attached hydrogens (tertiary/aromatic N) is 4. The average molecular weight is 162 g/mol. The number of anilines is 2. The van der Waals surface area contributed by atoms with Crippen molar-refractivity contribution in [3.05, 3.63) is 24.7 Å². The Hall–Kier alpha value is -1.98. The minimum atomic E-state index is 0.506. The van der Waals surface area contributed by atoms with E-state index in [-0.39, 0.29) is 0 Å². The molecule has 0 amide bonds. The van der Waals surface area contributed by atoms with Crippen molar-refractivity contribution < 1.29 is 0 Å². The van der Waals surface area contributed by atoms with Crippen molar-refractivity contribution in [2.75, 3.05) is 5.32 Å². The quantitative estimate of drug-likeness (QED) is 0.665. The van der Waals surface area contributed by atoms with E-state index < -0.39 is 0 Å². The molecule has 6 nitrogen and oxygen atoms in total. The zero-order chi connectivity index (χ0) is 8.23. The zero-order valence-corrected chi connectivity index (χ0v) is 6.10. The second-order valence-electron chi connectivity index (χ2n) is 2.05. The summed E-state index contributed by atoms with van der Waals surface area (Å²) in [7, 11) is 0. The van der Waals surface area contributed by atoms with E-state index in [0.717, 1.165) is 0 Å². The van der Waals surface area contributed by atoms with Gasteiger partial charge in [-0.15, -0.1) is 5.10 Å². The summed E-state index contributed by atoms with van der Waals surface area (Å²) in [5.41, 5.74) is 0. The highest BCUT2D eigenvalue weighted by Crippen LogP contribution is 2.03. The Labute approximate surface area is 68.1 Å². The molecule has 2 N–H and O–H groups in total. The van der Waals surface area contributed by atoms with E-state index in [1.165, 1.54) is 0 Å². The van der Waals surface area contributed by atoms with Gasteiger partial charge < -0.3 is 5.32 Å². The minimum absolute atomic E-state index is 0.506. The Morgan fingerprint density at radius 1 is 1.25 bits per heavy atom. The molecule has 0 bridgehead atoms. The van der Waals surface area contributed by atoms with Crippen molar-refractivity contribution in [1.29, 1.82) is 0 Å². The van der Waals surface area contributed by atoms with E-state index >= 15 is 0 Å². The molecule has 0 saturated carbocycles. The fraction of sp³-hybridized carbons (Fsp3) is 0. The standard InChI is InChI=1S/C6H6N6/c1-2-7-6(8-3-1)10-5-4-9-12-11-5/h1-4H,(H2,7,8,9,10,11,12). The predicted molar refractivity (Wildman–Crippen MR) is 41.7 cm³/mol. The van der Waals surface area contributed by atoms with Gasteiger partial charge in [0.1, 0.15) is 0 Å². The summed E-state index contributed by atoms with van der Waals surface area (Å²) in [5.74, 6) is 1.10. The maximum Gasteiger partial charge on any atom is 0.228 e. The zero-order valence-electron chi connectivity index (χ0n) is 6.10. The van der Waals surface area contributed by atoms with Crippen molar-refractivity contribution in [2.45, 2.75) is 0 Å². The first-order chi connectivity index (χ1) is 5.95. The van der Waals surface area contributed by atoms with Crippen LogP contribution in [0.15, 0.2) is 24.7 Å². The van der Waals surface area contributed by atoms with Crippen molar-refractivity contribution in [2.24, 2.45) is 0 Å². The van der Waals surface area contributed by atoms with Gasteiger partial charge >= 0.3 is 0 Å². The van der Waals surface area contributed by atoms with Gasteiger partial charge in [-0.2, -0.15) is 10.3 Å². The molecule has 2 heterocycles. The molecule has 0 aromatic carbocycles. The number of hydrogen-bond acceptors (Lipinski definition) is 5. The van der Waals surface area contributed by atoms with Gasteiger partial charge in [0.05, 0.1) is 6.20 Å². The highest BCUT2D eigenvalue weighted by molar-refractivity contribution is 5.44. The van der Waals surface area contributed by atoms with Gasteiger partial charge in [0, 0.05) is 12.4 Å². The third kappa shape index (κ3) is 1.36. The van der Waals surface area contributed by atoms with Crippen LogP contribution in [-0.2, 0) is 0 Å². The highest BCUT2D eigenvalue weighted by atomic mass is 15.4. The molecule has 0 aliphatic rings. The van der Waals surface area contributed by atoms with Gasteiger partial charge in [0.15, 0.2) is 5.82 Å². The Morgan fingerprint density at radius 3 is 2.75 bits per heavy atom. The van der Waals surface area contributed by atoms with Crippen LogP contribution < -0.4 is 5.32 Å². The summed E-state index contributed by atoms with van der Waals surface area (Å²) in [6.45, 7) is 0. The maximum atomic E-state index is 3.95. The lowest BCUT2D eigenvalue weighted by Gasteiger charge is -1.96. The molecule has 0 radical (unpaired) electrons. The molecule has 12 heavy (non-hydrogen) atoms. The van der Waals surface area contributed by atoms with Crippen LogP contribution in [0.1, 0.15) is 0 Å². The monoisotopic (exact) mass is 162 g/mol. The van der Waals surface area contributed by atoms with E-state index in [4.69, 9.17) is 0 Å². The summed E-state index contributed by atoms with van der Waals surface area (Å²) in [5, 5.41) is 12.7. The Bertz CT molecular complexity index is 328. The third-order valence-corrected chi connectivity index (χ3v) is 1.22. The number of nitrogens with one attached hydrogen (secondary N) is 2. The molecule has 0 fully saturated rings. The first kappa shape index (κ1) is 6.71. The van der Waals surface area contributed by atoms with Crippen molar-refractivity contribution in [1.82, 2.24) is 25.4 Å². The van der Waals surface area contributed by atoms with E-state index in [9.17, 15) is 0 Å². The Balaban J connectivity index is 2.15. The van der Waals surface area contributed by atoms with Crippen LogP contribution >= 0.6 is 0 Å². The molecule has 0 unspecified atom stereocenters. The van der Waals surface area contributed by atoms with Crippen LogP contribution in [-0.4, -0.2) is 25.4 Å². The molecule has 6 heteroatoms. The summed E-state index contributed by atoms with van der Waals surface area (Å²) < 4.78 is 0. The molecule has 0 saturated heterocycles. The molecule has 60 valence electrons. The lowest BCUT2D eigenvalue weighted by Crippen LogP contribution is -1.95. The van der Waals surface area contributed by atoms with Gasteiger partial charge in [-0.3, -0.25) is 0 Å². The Morgan fingerprint density at radius 2 is 2.08 bits per heavy atom. The minimum Gasteiger partial charge on any atom is -0.306 e. The fourth-order valence-corrected chi connectivity index (χ4v) is 0.740. The maximum absolute atomic E-state index is 3.95. The number of rotatable bonds is 2. The van der Waals surface area contributed by atoms with Crippen LogP contribution in [0.25, 0.3) is 0 Å². The topological polar surface area (TPSA) is 79.4 Å². The fourth-order valence-electron chi connectivity index (χ4n) is 0.740.